The molecule has 1 saturated heterocycles. The molecule has 2 aromatic rings. The van der Waals surface area contributed by atoms with Crippen LogP contribution in [0, 0.1) is 6.92 Å². The molecule has 1 aromatic heterocycles. The third-order valence-electron chi connectivity index (χ3n) is 4.82. The van der Waals surface area contributed by atoms with Gasteiger partial charge in [0.1, 0.15) is 16.6 Å². The fourth-order valence-electron chi connectivity index (χ4n) is 3.48. The first kappa shape index (κ1) is 21.7. The maximum absolute atomic E-state index is 12.9. The Morgan fingerprint density at radius 1 is 1.17 bits per heavy atom. The van der Waals surface area contributed by atoms with E-state index in [2.05, 4.69) is 4.40 Å². The maximum atomic E-state index is 12.9. The second kappa shape index (κ2) is 8.03. The molecular formula is C22H30N2O4S. The van der Waals surface area contributed by atoms with E-state index in [4.69, 9.17) is 9.15 Å². The van der Waals surface area contributed by atoms with Crippen LogP contribution in [0.5, 0.6) is 0 Å². The van der Waals surface area contributed by atoms with Crippen LogP contribution in [-0.4, -0.2) is 40.0 Å². The molecule has 1 aromatic carbocycles. The van der Waals surface area contributed by atoms with E-state index in [-0.39, 0.29) is 17.6 Å². The highest BCUT2D eigenvalue weighted by Gasteiger charge is 2.25. The van der Waals surface area contributed by atoms with Gasteiger partial charge in [0.2, 0.25) is 0 Å². The van der Waals surface area contributed by atoms with Crippen molar-refractivity contribution in [3.63, 3.8) is 0 Å². The molecule has 29 heavy (non-hydrogen) atoms. The predicted molar refractivity (Wildman–Crippen MR) is 120 cm³/mol. The Hall–Kier alpha value is -1.99. The predicted octanol–water partition coefficient (Wildman–Crippen LogP) is 3.99. The lowest BCUT2D eigenvalue weighted by Crippen LogP contribution is -2.45. The molecule has 3 rings (SSSR count). The minimum atomic E-state index is -1.40. The molecule has 0 radical (unpaired) electrons. The van der Waals surface area contributed by atoms with Gasteiger partial charge < -0.3 is 14.1 Å². The van der Waals surface area contributed by atoms with Crippen LogP contribution in [0.15, 0.2) is 31.8 Å². The van der Waals surface area contributed by atoms with Crippen molar-refractivity contribution in [2.75, 3.05) is 18.0 Å². The van der Waals surface area contributed by atoms with Crippen LogP contribution in [0.3, 0.4) is 0 Å². The van der Waals surface area contributed by atoms with Gasteiger partial charge in [0.25, 0.3) is 0 Å². The molecule has 0 amide bonds. The van der Waals surface area contributed by atoms with Crippen molar-refractivity contribution < 1.29 is 13.4 Å². The van der Waals surface area contributed by atoms with E-state index in [9.17, 15) is 9.00 Å². The Balaban J connectivity index is 2.16. The van der Waals surface area contributed by atoms with E-state index in [0.717, 1.165) is 5.56 Å². The Morgan fingerprint density at radius 3 is 2.38 bits per heavy atom. The fraction of sp³-hybridized carbons (Fsp3) is 0.545. The third kappa shape index (κ3) is 4.78. The van der Waals surface area contributed by atoms with Gasteiger partial charge in [-0.2, -0.15) is 4.40 Å². The summed E-state index contributed by atoms with van der Waals surface area (Å²) in [5.41, 5.74) is 2.61. The summed E-state index contributed by atoms with van der Waals surface area (Å²) in [4.78, 5) is 14.9. The third-order valence-corrected chi connectivity index (χ3v) is 6.31. The molecule has 158 valence electrons. The Kier molecular flexibility index (Phi) is 6.01. The Labute approximate surface area is 174 Å². The van der Waals surface area contributed by atoms with Crippen LogP contribution in [0.4, 0.5) is 5.88 Å². The zero-order valence-electron chi connectivity index (χ0n) is 18.2. The van der Waals surface area contributed by atoms with E-state index in [0.29, 0.717) is 41.2 Å². The van der Waals surface area contributed by atoms with Crippen LogP contribution < -0.4 is 10.3 Å². The summed E-state index contributed by atoms with van der Waals surface area (Å²) < 4.78 is 28.5. The summed E-state index contributed by atoms with van der Waals surface area (Å²) in [6.07, 6.45) is 0.101. The molecule has 2 heterocycles. The molecule has 1 aliphatic heterocycles. The number of fused-ring (bicyclic) bond motifs is 1. The molecule has 3 atom stereocenters. The lowest BCUT2D eigenvalue weighted by molar-refractivity contribution is -0.00638. The number of hydrogen-bond acceptors (Lipinski definition) is 5. The van der Waals surface area contributed by atoms with E-state index >= 15 is 0 Å². The molecule has 0 saturated carbocycles. The van der Waals surface area contributed by atoms with Crippen molar-refractivity contribution in [1.29, 1.82) is 0 Å². The van der Waals surface area contributed by atoms with Crippen molar-refractivity contribution in [3.8, 4) is 0 Å². The first-order chi connectivity index (χ1) is 13.5. The van der Waals surface area contributed by atoms with Crippen molar-refractivity contribution >= 4 is 33.6 Å². The second-order valence-electron chi connectivity index (χ2n) is 8.84. The number of hydrogen-bond donors (Lipinski definition) is 0. The first-order valence-electron chi connectivity index (χ1n) is 9.92. The van der Waals surface area contributed by atoms with Crippen LogP contribution in [0.25, 0.3) is 11.0 Å². The highest BCUT2D eigenvalue weighted by atomic mass is 32.2. The Bertz CT molecular complexity index is 1030. The zero-order valence-corrected chi connectivity index (χ0v) is 19.1. The SMILES string of the molecule is CC(=NS(=O)C(C)(C)C)c1cc(C)cc2c(=O)cc(N3C[C@@H](C)O[C@@H](C)C3)oc12. The van der Waals surface area contributed by atoms with Gasteiger partial charge in [-0.1, -0.05) is 0 Å². The van der Waals surface area contributed by atoms with Gasteiger partial charge in [0.05, 0.1) is 28.1 Å². The van der Waals surface area contributed by atoms with Gasteiger partial charge in [0.15, 0.2) is 11.3 Å². The highest BCUT2D eigenvalue weighted by molar-refractivity contribution is 7.85. The van der Waals surface area contributed by atoms with Gasteiger partial charge >= 0.3 is 0 Å². The number of benzene rings is 1. The molecule has 6 nitrogen and oxygen atoms in total. The van der Waals surface area contributed by atoms with Crippen molar-refractivity contribution in [3.05, 3.63) is 39.5 Å². The summed E-state index contributed by atoms with van der Waals surface area (Å²) >= 11 is 0. The summed E-state index contributed by atoms with van der Waals surface area (Å²) in [6.45, 7) is 14.7. The van der Waals surface area contributed by atoms with E-state index in [1.54, 1.807) is 6.07 Å². The number of nitrogens with zero attached hydrogens (tertiary/aromatic N) is 2. The van der Waals surface area contributed by atoms with Crippen LogP contribution >= 0.6 is 0 Å². The number of anilines is 1. The van der Waals surface area contributed by atoms with Crippen LogP contribution in [0.2, 0.25) is 0 Å². The summed E-state index contributed by atoms with van der Waals surface area (Å²) in [7, 11) is -1.40. The average Bonchev–Trinajstić information content (AvgIpc) is 2.59. The van der Waals surface area contributed by atoms with Gasteiger partial charge in [-0.05, 0) is 66.2 Å². The van der Waals surface area contributed by atoms with Gasteiger partial charge in [-0.15, -0.1) is 0 Å². The van der Waals surface area contributed by atoms with E-state index in [1.807, 2.05) is 65.5 Å². The quantitative estimate of drug-likeness (QED) is 0.705. The van der Waals surface area contributed by atoms with E-state index in [1.165, 1.54) is 0 Å². The molecular weight excluding hydrogens is 388 g/mol. The molecule has 0 spiro atoms. The molecule has 1 fully saturated rings. The molecule has 7 heteroatoms. The molecule has 0 N–H and O–H groups in total. The number of rotatable bonds is 3. The monoisotopic (exact) mass is 418 g/mol. The number of aryl methyl sites for hydroxylation is 1. The maximum Gasteiger partial charge on any atom is 0.200 e. The molecule has 0 bridgehead atoms. The van der Waals surface area contributed by atoms with E-state index < -0.39 is 15.7 Å². The van der Waals surface area contributed by atoms with Crippen LogP contribution in [-0.2, 0) is 15.7 Å². The topological polar surface area (TPSA) is 72.1 Å². The molecule has 1 aliphatic rings. The smallest absolute Gasteiger partial charge is 0.200 e. The summed E-state index contributed by atoms with van der Waals surface area (Å²) in [5, 5.41) is 0.509. The summed E-state index contributed by atoms with van der Waals surface area (Å²) in [6, 6.07) is 5.31. The molecule has 0 aliphatic carbocycles. The van der Waals surface area contributed by atoms with Crippen molar-refractivity contribution in [2.24, 2.45) is 4.40 Å². The first-order valence-corrected chi connectivity index (χ1v) is 11.0. The lowest BCUT2D eigenvalue weighted by Gasteiger charge is -2.35. The minimum Gasteiger partial charge on any atom is -0.440 e. The largest absolute Gasteiger partial charge is 0.440 e. The number of ether oxygens (including phenoxy) is 1. The zero-order chi connectivity index (χ0) is 21.5. The minimum absolute atomic E-state index is 0.0507. The van der Waals surface area contributed by atoms with Crippen LogP contribution in [0.1, 0.15) is 52.7 Å². The fourth-order valence-corrected chi connectivity index (χ4v) is 4.10. The van der Waals surface area contributed by atoms with Crippen molar-refractivity contribution in [2.45, 2.75) is 65.4 Å². The van der Waals surface area contributed by atoms with Gasteiger partial charge in [-0.25, -0.2) is 4.21 Å². The molecule has 1 unspecified atom stereocenters. The summed E-state index contributed by atoms with van der Waals surface area (Å²) in [5.74, 6) is 0.527. The highest BCUT2D eigenvalue weighted by Crippen LogP contribution is 2.27. The number of morpholine rings is 1. The average molecular weight is 419 g/mol. The second-order valence-corrected chi connectivity index (χ2v) is 10.7. The Morgan fingerprint density at radius 2 is 1.79 bits per heavy atom. The lowest BCUT2D eigenvalue weighted by atomic mass is 10.0. The van der Waals surface area contributed by atoms with Gasteiger partial charge in [-0.3, -0.25) is 4.79 Å². The standard InChI is InChI=1S/C22H30N2O4S/c1-13-8-17(16(4)23-29(26)22(5,6)7)21-18(9-13)19(25)10-20(28-21)24-11-14(2)27-15(3)12-24/h8-10,14-15H,11-12H2,1-7H3/t14-,15+,29?. The normalized spacial score (nSPS) is 22.2. The van der Waals surface area contributed by atoms with Crippen molar-refractivity contribution in [1.82, 2.24) is 0 Å². The van der Waals surface area contributed by atoms with Gasteiger partial charge in [0, 0.05) is 24.7 Å².